The molecule has 0 aliphatic carbocycles. The van der Waals surface area contributed by atoms with E-state index >= 15 is 0 Å². The topological polar surface area (TPSA) is 63.7 Å². The molecular formula is C22H22FN3O3S. The van der Waals surface area contributed by atoms with Crippen molar-refractivity contribution in [2.45, 2.75) is 6.54 Å². The minimum absolute atomic E-state index is 0.180. The molecule has 0 atom stereocenters. The van der Waals surface area contributed by atoms with E-state index in [-0.39, 0.29) is 11.7 Å². The SMILES string of the molecule is COc1ccc(-c2csc(NC(=O)c3cccc(CN4CCOCC4)c3)n2)cc1F. The molecule has 0 saturated carbocycles. The molecule has 1 N–H and O–H groups in total. The number of amides is 1. The van der Waals surface area contributed by atoms with Crippen molar-refractivity contribution in [2.24, 2.45) is 0 Å². The monoisotopic (exact) mass is 427 g/mol. The van der Waals surface area contributed by atoms with Gasteiger partial charge in [0.15, 0.2) is 16.7 Å². The lowest BCUT2D eigenvalue weighted by atomic mass is 10.1. The largest absolute Gasteiger partial charge is 0.494 e. The van der Waals surface area contributed by atoms with E-state index in [9.17, 15) is 9.18 Å². The van der Waals surface area contributed by atoms with E-state index in [2.05, 4.69) is 15.2 Å². The molecule has 1 amide bonds. The Kier molecular flexibility index (Phi) is 6.37. The van der Waals surface area contributed by atoms with Gasteiger partial charge in [0.05, 0.1) is 26.0 Å². The van der Waals surface area contributed by atoms with Crippen LogP contribution < -0.4 is 10.1 Å². The van der Waals surface area contributed by atoms with Crippen LogP contribution in [0.1, 0.15) is 15.9 Å². The highest BCUT2D eigenvalue weighted by molar-refractivity contribution is 7.14. The number of carbonyl (C=O) groups is 1. The number of methoxy groups -OCH3 is 1. The Balaban J connectivity index is 1.43. The number of rotatable bonds is 6. The molecule has 8 heteroatoms. The third-order valence-electron chi connectivity index (χ3n) is 4.87. The predicted molar refractivity (Wildman–Crippen MR) is 115 cm³/mol. The number of thiazole rings is 1. The first-order valence-corrected chi connectivity index (χ1v) is 10.5. The summed E-state index contributed by atoms with van der Waals surface area (Å²) in [5.74, 6) is -0.495. The molecule has 1 aliphatic heterocycles. The number of anilines is 1. The quantitative estimate of drug-likeness (QED) is 0.643. The van der Waals surface area contributed by atoms with E-state index in [0.29, 0.717) is 22.0 Å². The van der Waals surface area contributed by atoms with Gasteiger partial charge in [-0.3, -0.25) is 15.0 Å². The van der Waals surface area contributed by atoms with Crippen LogP contribution in [0.5, 0.6) is 5.75 Å². The normalized spacial score (nSPS) is 14.5. The third-order valence-corrected chi connectivity index (χ3v) is 5.63. The molecule has 0 radical (unpaired) electrons. The Bertz CT molecular complexity index is 1030. The molecule has 1 aliphatic rings. The highest BCUT2D eigenvalue weighted by atomic mass is 32.1. The fraction of sp³-hybridized carbons (Fsp3) is 0.273. The summed E-state index contributed by atoms with van der Waals surface area (Å²) in [5.41, 5.74) is 2.88. The van der Waals surface area contributed by atoms with E-state index in [1.54, 1.807) is 23.6 Å². The Morgan fingerprint density at radius 1 is 1.27 bits per heavy atom. The number of hydrogen-bond acceptors (Lipinski definition) is 6. The summed E-state index contributed by atoms with van der Waals surface area (Å²) < 4.78 is 24.3. The second-order valence-electron chi connectivity index (χ2n) is 6.93. The maximum atomic E-state index is 14.0. The molecule has 0 unspecified atom stereocenters. The average Bonchev–Trinajstić information content (AvgIpc) is 3.23. The fourth-order valence-electron chi connectivity index (χ4n) is 3.29. The maximum Gasteiger partial charge on any atom is 0.257 e. The summed E-state index contributed by atoms with van der Waals surface area (Å²) in [6, 6.07) is 12.3. The lowest BCUT2D eigenvalue weighted by Crippen LogP contribution is -2.35. The van der Waals surface area contributed by atoms with Gasteiger partial charge in [0.25, 0.3) is 5.91 Å². The van der Waals surface area contributed by atoms with Crippen LogP contribution in [0, 0.1) is 5.82 Å². The van der Waals surface area contributed by atoms with Crippen molar-refractivity contribution in [2.75, 3.05) is 38.7 Å². The number of nitrogens with zero attached hydrogens (tertiary/aromatic N) is 2. The van der Waals surface area contributed by atoms with Crippen molar-refractivity contribution >= 4 is 22.4 Å². The second kappa shape index (κ2) is 9.34. The smallest absolute Gasteiger partial charge is 0.257 e. The minimum atomic E-state index is -0.453. The predicted octanol–water partition coefficient (Wildman–Crippen LogP) is 4.04. The van der Waals surface area contributed by atoms with Crippen LogP contribution in [-0.4, -0.2) is 49.2 Å². The molecule has 1 aromatic heterocycles. The molecule has 6 nitrogen and oxygen atoms in total. The van der Waals surface area contributed by atoms with Gasteiger partial charge in [0.1, 0.15) is 0 Å². The van der Waals surface area contributed by atoms with Crippen LogP contribution in [-0.2, 0) is 11.3 Å². The Morgan fingerprint density at radius 3 is 2.87 bits per heavy atom. The Morgan fingerprint density at radius 2 is 2.10 bits per heavy atom. The van der Waals surface area contributed by atoms with Gasteiger partial charge in [-0.05, 0) is 35.9 Å². The molecule has 3 aromatic rings. The van der Waals surface area contributed by atoms with Gasteiger partial charge < -0.3 is 9.47 Å². The van der Waals surface area contributed by atoms with E-state index in [0.717, 1.165) is 38.4 Å². The van der Waals surface area contributed by atoms with Crippen LogP contribution in [0.2, 0.25) is 0 Å². The molecule has 30 heavy (non-hydrogen) atoms. The van der Waals surface area contributed by atoms with Gasteiger partial charge in [-0.1, -0.05) is 12.1 Å². The molecule has 1 fully saturated rings. The summed E-state index contributed by atoms with van der Waals surface area (Å²) in [4.78, 5) is 19.4. The van der Waals surface area contributed by atoms with Crippen LogP contribution in [0.3, 0.4) is 0 Å². The number of aromatic nitrogens is 1. The first-order chi connectivity index (χ1) is 14.6. The molecule has 2 aromatic carbocycles. The molecule has 2 heterocycles. The third kappa shape index (κ3) is 4.84. The minimum Gasteiger partial charge on any atom is -0.494 e. The Labute approximate surface area is 178 Å². The number of carbonyl (C=O) groups excluding carboxylic acids is 1. The average molecular weight is 428 g/mol. The van der Waals surface area contributed by atoms with Gasteiger partial charge in [-0.2, -0.15) is 0 Å². The molecule has 156 valence electrons. The number of ether oxygens (including phenoxy) is 2. The van der Waals surface area contributed by atoms with Crippen molar-refractivity contribution in [3.05, 3.63) is 64.8 Å². The van der Waals surface area contributed by atoms with E-state index in [1.807, 2.05) is 18.2 Å². The summed E-state index contributed by atoms with van der Waals surface area (Å²) in [5, 5.41) is 5.08. The molecule has 0 spiro atoms. The molecule has 1 saturated heterocycles. The fourth-order valence-corrected chi connectivity index (χ4v) is 4.00. The standard InChI is InChI=1S/C22H22FN3O3S/c1-28-20-6-5-16(12-18(20)23)19-14-30-22(24-19)25-21(27)17-4-2-3-15(11-17)13-26-7-9-29-10-8-26/h2-6,11-12,14H,7-10,13H2,1H3,(H,24,25,27). The molecule has 4 rings (SSSR count). The number of hydrogen-bond donors (Lipinski definition) is 1. The zero-order valence-corrected chi connectivity index (χ0v) is 17.4. The number of morpholine rings is 1. The van der Waals surface area contributed by atoms with E-state index in [1.165, 1.54) is 24.5 Å². The van der Waals surface area contributed by atoms with Gasteiger partial charge in [0.2, 0.25) is 0 Å². The van der Waals surface area contributed by atoms with Crippen LogP contribution in [0.4, 0.5) is 9.52 Å². The van der Waals surface area contributed by atoms with Crippen LogP contribution in [0.15, 0.2) is 47.8 Å². The Hall–Kier alpha value is -2.81. The van der Waals surface area contributed by atoms with Crippen molar-refractivity contribution < 1.29 is 18.7 Å². The van der Waals surface area contributed by atoms with Gasteiger partial charge >= 0.3 is 0 Å². The lowest BCUT2D eigenvalue weighted by Gasteiger charge is -2.26. The van der Waals surface area contributed by atoms with Crippen molar-refractivity contribution in [3.8, 4) is 17.0 Å². The van der Waals surface area contributed by atoms with Crippen LogP contribution >= 0.6 is 11.3 Å². The molecule has 0 bridgehead atoms. The van der Waals surface area contributed by atoms with Crippen molar-refractivity contribution in [1.82, 2.24) is 9.88 Å². The summed E-state index contributed by atoms with van der Waals surface area (Å²) in [6.45, 7) is 4.05. The number of halogens is 1. The van der Waals surface area contributed by atoms with E-state index < -0.39 is 5.82 Å². The highest BCUT2D eigenvalue weighted by Crippen LogP contribution is 2.28. The number of benzene rings is 2. The highest BCUT2D eigenvalue weighted by Gasteiger charge is 2.14. The molecular weight excluding hydrogens is 405 g/mol. The summed E-state index contributed by atoms with van der Waals surface area (Å²) in [6.07, 6.45) is 0. The lowest BCUT2D eigenvalue weighted by molar-refractivity contribution is 0.0342. The van der Waals surface area contributed by atoms with E-state index in [4.69, 9.17) is 9.47 Å². The zero-order valence-electron chi connectivity index (χ0n) is 16.6. The zero-order chi connectivity index (χ0) is 20.9. The maximum absolute atomic E-state index is 14.0. The van der Waals surface area contributed by atoms with Gasteiger partial charge in [0, 0.05) is 36.1 Å². The van der Waals surface area contributed by atoms with Crippen molar-refractivity contribution in [1.29, 1.82) is 0 Å². The summed E-state index contributed by atoms with van der Waals surface area (Å²) >= 11 is 1.30. The van der Waals surface area contributed by atoms with Gasteiger partial charge in [-0.25, -0.2) is 9.37 Å². The van der Waals surface area contributed by atoms with Crippen molar-refractivity contribution in [3.63, 3.8) is 0 Å². The summed E-state index contributed by atoms with van der Waals surface area (Å²) in [7, 11) is 1.42. The second-order valence-corrected chi connectivity index (χ2v) is 7.79. The van der Waals surface area contributed by atoms with Crippen LogP contribution in [0.25, 0.3) is 11.3 Å². The van der Waals surface area contributed by atoms with Gasteiger partial charge in [-0.15, -0.1) is 11.3 Å². The number of nitrogens with one attached hydrogen (secondary N) is 1. The first-order valence-electron chi connectivity index (χ1n) is 9.62. The first kappa shape index (κ1) is 20.5.